The van der Waals surface area contributed by atoms with E-state index in [4.69, 9.17) is 16.3 Å². The SMILES string of the molecule is CN(C)C(=O)/C(C#N)=C\c1cc(I)c(OCc2ccccc2Cl)c(I)c1. The predicted molar refractivity (Wildman–Crippen MR) is 120 cm³/mol. The molecule has 0 atom stereocenters. The summed E-state index contributed by atoms with van der Waals surface area (Å²) < 4.78 is 7.73. The number of ether oxygens (including phenoxy) is 1. The molecule has 4 nitrogen and oxygen atoms in total. The number of hydrogen-bond acceptors (Lipinski definition) is 3. The van der Waals surface area contributed by atoms with E-state index in [-0.39, 0.29) is 11.5 Å². The van der Waals surface area contributed by atoms with Crippen LogP contribution < -0.4 is 4.74 Å². The van der Waals surface area contributed by atoms with Crippen molar-refractivity contribution in [3.8, 4) is 11.8 Å². The van der Waals surface area contributed by atoms with Gasteiger partial charge in [0, 0.05) is 24.7 Å². The molecule has 2 aromatic rings. The molecule has 0 fully saturated rings. The molecule has 7 heteroatoms. The molecule has 0 aromatic heterocycles. The summed E-state index contributed by atoms with van der Waals surface area (Å²) in [7, 11) is 3.24. The lowest BCUT2D eigenvalue weighted by molar-refractivity contribution is -0.124. The number of nitriles is 1. The summed E-state index contributed by atoms with van der Waals surface area (Å²) in [6, 6.07) is 13.3. The van der Waals surface area contributed by atoms with E-state index < -0.39 is 0 Å². The minimum Gasteiger partial charge on any atom is -0.487 e. The molecule has 0 aliphatic rings. The Kier molecular flexibility index (Phi) is 7.73. The summed E-state index contributed by atoms with van der Waals surface area (Å²) in [5.74, 6) is 0.428. The van der Waals surface area contributed by atoms with Gasteiger partial charge in [-0.2, -0.15) is 5.26 Å². The maximum Gasteiger partial charge on any atom is 0.264 e. The van der Waals surface area contributed by atoms with Crippen molar-refractivity contribution >= 4 is 68.8 Å². The number of carbonyl (C=O) groups excluding carboxylic acids is 1. The van der Waals surface area contributed by atoms with Gasteiger partial charge in [-0.25, -0.2) is 0 Å². The number of rotatable bonds is 5. The minimum absolute atomic E-state index is 0.0892. The molecule has 1 amide bonds. The lowest BCUT2D eigenvalue weighted by Crippen LogP contribution is -2.22. The highest BCUT2D eigenvalue weighted by molar-refractivity contribution is 14.1. The highest BCUT2D eigenvalue weighted by Crippen LogP contribution is 2.31. The number of halogens is 3. The molecule has 0 N–H and O–H groups in total. The molecule has 0 saturated heterocycles. The van der Waals surface area contributed by atoms with Crippen LogP contribution in [-0.2, 0) is 11.4 Å². The Morgan fingerprint density at radius 3 is 2.42 bits per heavy atom. The fourth-order valence-corrected chi connectivity index (χ4v) is 4.43. The zero-order chi connectivity index (χ0) is 19.3. The third kappa shape index (κ3) is 5.34. The standard InChI is InChI=1S/C19H15ClI2N2O2/c1-24(2)19(25)14(10-23)7-12-8-16(21)18(17(22)9-12)26-11-13-5-3-4-6-15(13)20/h3-9H,11H2,1-2H3/b14-7-. The van der Waals surface area contributed by atoms with Crippen molar-refractivity contribution in [3.63, 3.8) is 0 Å². The molecule has 0 heterocycles. The molecular weight excluding hydrogens is 577 g/mol. The molecule has 134 valence electrons. The van der Waals surface area contributed by atoms with Crippen LogP contribution in [0, 0.1) is 18.5 Å². The van der Waals surface area contributed by atoms with Crippen molar-refractivity contribution in [3.05, 3.63) is 65.3 Å². The molecule has 0 unspecified atom stereocenters. The Hall–Kier alpha value is -1.31. The Morgan fingerprint density at radius 1 is 1.27 bits per heavy atom. The van der Waals surface area contributed by atoms with Gasteiger partial charge in [-0.1, -0.05) is 29.8 Å². The van der Waals surface area contributed by atoms with E-state index in [0.29, 0.717) is 11.6 Å². The van der Waals surface area contributed by atoms with Crippen LogP contribution in [0.4, 0.5) is 0 Å². The fourth-order valence-electron chi connectivity index (χ4n) is 2.12. The van der Waals surface area contributed by atoms with E-state index in [0.717, 1.165) is 24.0 Å². The molecule has 0 aliphatic heterocycles. The molecule has 2 rings (SSSR count). The van der Waals surface area contributed by atoms with E-state index in [1.807, 2.05) is 42.5 Å². The van der Waals surface area contributed by atoms with Crippen molar-refractivity contribution in [1.29, 1.82) is 5.26 Å². The zero-order valence-electron chi connectivity index (χ0n) is 14.1. The molecule has 0 aliphatic carbocycles. The normalized spacial score (nSPS) is 11.0. The minimum atomic E-state index is -0.323. The smallest absolute Gasteiger partial charge is 0.264 e. The summed E-state index contributed by atoms with van der Waals surface area (Å²) in [6.45, 7) is 0.365. The van der Waals surface area contributed by atoms with Crippen LogP contribution >= 0.6 is 56.8 Å². The van der Waals surface area contributed by atoms with Gasteiger partial charge in [0.1, 0.15) is 24.0 Å². The monoisotopic (exact) mass is 592 g/mol. The number of likely N-dealkylation sites (N-methyl/N-ethyl adjacent to an activating group) is 1. The second-order valence-electron chi connectivity index (χ2n) is 5.56. The van der Waals surface area contributed by atoms with E-state index in [9.17, 15) is 10.1 Å². The maximum atomic E-state index is 12.0. The van der Waals surface area contributed by atoms with Crippen molar-refractivity contribution in [2.24, 2.45) is 0 Å². The first-order valence-corrected chi connectivity index (χ1v) is 10.1. The van der Waals surface area contributed by atoms with Crippen molar-refractivity contribution in [2.45, 2.75) is 6.61 Å². The first kappa shape index (κ1) is 21.0. The average molecular weight is 593 g/mol. The van der Waals surface area contributed by atoms with Crippen molar-refractivity contribution < 1.29 is 9.53 Å². The largest absolute Gasteiger partial charge is 0.487 e. The number of amides is 1. The first-order chi connectivity index (χ1) is 12.3. The summed E-state index contributed by atoms with van der Waals surface area (Å²) in [4.78, 5) is 13.4. The van der Waals surface area contributed by atoms with Crippen LogP contribution in [0.5, 0.6) is 5.75 Å². The Balaban J connectivity index is 2.27. The van der Waals surface area contributed by atoms with Gasteiger partial charge in [-0.3, -0.25) is 4.79 Å². The van der Waals surface area contributed by atoms with E-state index in [1.165, 1.54) is 4.90 Å². The number of hydrogen-bond donors (Lipinski definition) is 0. The Labute approximate surface area is 185 Å². The van der Waals surface area contributed by atoms with Gasteiger partial charge >= 0.3 is 0 Å². The molecule has 0 radical (unpaired) electrons. The molecular formula is C19H15ClI2N2O2. The summed E-state index contributed by atoms with van der Waals surface area (Å²) in [5, 5.41) is 9.89. The number of carbonyl (C=O) groups is 1. The second-order valence-corrected chi connectivity index (χ2v) is 8.29. The van der Waals surface area contributed by atoms with Gasteiger partial charge < -0.3 is 9.64 Å². The van der Waals surface area contributed by atoms with Crippen LogP contribution in [0.2, 0.25) is 5.02 Å². The van der Waals surface area contributed by atoms with Gasteiger partial charge in [0.15, 0.2) is 0 Å². The van der Waals surface area contributed by atoms with E-state index in [2.05, 4.69) is 45.2 Å². The second kappa shape index (κ2) is 9.58. The molecule has 0 spiro atoms. The molecule has 0 saturated carbocycles. The average Bonchev–Trinajstić information content (AvgIpc) is 2.59. The van der Waals surface area contributed by atoms with Crippen molar-refractivity contribution in [2.75, 3.05) is 14.1 Å². The Bertz CT molecular complexity index is 882. The van der Waals surface area contributed by atoms with Crippen molar-refractivity contribution in [1.82, 2.24) is 4.90 Å². The molecule has 2 aromatic carbocycles. The summed E-state index contributed by atoms with van der Waals surface area (Å²) in [5.41, 5.74) is 1.77. The van der Waals surface area contributed by atoms with Crippen LogP contribution in [0.1, 0.15) is 11.1 Å². The number of nitrogens with zero attached hydrogens (tertiary/aromatic N) is 2. The first-order valence-electron chi connectivity index (χ1n) is 7.52. The van der Waals surface area contributed by atoms with E-state index >= 15 is 0 Å². The van der Waals surface area contributed by atoms with Gasteiger partial charge in [-0.15, -0.1) is 0 Å². The predicted octanol–water partition coefficient (Wildman–Crippen LogP) is 5.12. The van der Waals surface area contributed by atoms with Gasteiger partial charge in [0.25, 0.3) is 5.91 Å². The lowest BCUT2D eigenvalue weighted by Gasteiger charge is -2.13. The van der Waals surface area contributed by atoms with Gasteiger partial charge in [0.05, 0.1) is 7.14 Å². The Morgan fingerprint density at radius 2 is 1.88 bits per heavy atom. The molecule has 26 heavy (non-hydrogen) atoms. The lowest BCUT2D eigenvalue weighted by atomic mass is 10.1. The third-order valence-corrected chi connectivity index (χ3v) is 5.39. The van der Waals surface area contributed by atoms with Crippen LogP contribution in [0.15, 0.2) is 42.0 Å². The topological polar surface area (TPSA) is 53.3 Å². The summed E-state index contributed by atoms with van der Waals surface area (Å²) in [6.07, 6.45) is 1.59. The van der Waals surface area contributed by atoms with Gasteiger partial charge in [0.2, 0.25) is 0 Å². The molecule has 0 bridgehead atoms. The zero-order valence-corrected chi connectivity index (χ0v) is 19.2. The van der Waals surface area contributed by atoms with E-state index in [1.54, 1.807) is 20.2 Å². The summed E-state index contributed by atoms with van der Waals surface area (Å²) >= 11 is 10.5. The highest BCUT2D eigenvalue weighted by Gasteiger charge is 2.14. The van der Waals surface area contributed by atoms with Crippen LogP contribution in [-0.4, -0.2) is 24.9 Å². The maximum absolute atomic E-state index is 12.0. The third-order valence-electron chi connectivity index (χ3n) is 3.42. The van der Waals surface area contributed by atoms with Crippen LogP contribution in [0.3, 0.4) is 0 Å². The number of benzene rings is 2. The highest BCUT2D eigenvalue weighted by atomic mass is 127. The van der Waals surface area contributed by atoms with Crippen LogP contribution in [0.25, 0.3) is 6.08 Å². The fraction of sp³-hybridized carbons (Fsp3) is 0.158. The quantitative estimate of drug-likeness (QED) is 0.275. The van der Waals surface area contributed by atoms with Gasteiger partial charge in [-0.05, 0) is 75.0 Å².